The number of hydrogen-bond donors (Lipinski definition) is 2. The van der Waals surface area contributed by atoms with Crippen molar-refractivity contribution in [1.82, 2.24) is 5.32 Å². The highest BCUT2D eigenvalue weighted by Gasteiger charge is 2.12. The summed E-state index contributed by atoms with van der Waals surface area (Å²) in [5, 5.41) is 11.2. The molecule has 1 atom stereocenters. The van der Waals surface area contributed by atoms with Gasteiger partial charge >= 0.3 is 0 Å². The predicted molar refractivity (Wildman–Crippen MR) is 73.8 cm³/mol. The maximum Gasteiger partial charge on any atom is 0.254 e. The van der Waals surface area contributed by atoms with Gasteiger partial charge in [-0.05, 0) is 32.0 Å². The van der Waals surface area contributed by atoms with E-state index in [2.05, 4.69) is 17.2 Å². The molecule has 0 saturated carbocycles. The first-order chi connectivity index (χ1) is 9.58. The summed E-state index contributed by atoms with van der Waals surface area (Å²) in [6.07, 6.45) is -0.123. The first kappa shape index (κ1) is 16.2. The van der Waals surface area contributed by atoms with Crippen LogP contribution < -0.4 is 5.32 Å². The Kier molecular flexibility index (Phi) is 6.71. The molecule has 1 rings (SSSR count). The van der Waals surface area contributed by atoms with Crippen molar-refractivity contribution in [3.63, 3.8) is 0 Å². The molecule has 0 aromatic heterocycles. The minimum atomic E-state index is -0.642. The van der Waals surface area contributed by atoms with Crippen molar-refractivity contribution in [2.45, 2.75) is 20.0 Å². The van der Waals surface area contributed by atoms with Gasteiger partial charge in [0.25, 0.3) is 5.91 Å². The summed E-state index contributed by atoms with van der Waals surface area (Å²) < 4.78 is 19.0. The van der Waals surface area contributed by atoms with Crippen molar-refractivity contribution in [2.75, 3.05) is 19.8 Å². The van der Waals surface area contributed by atoms with Crippen LogP contribution in [-0.2, 0) is 4.74 Å². The molecule has 1 amide bonds. The normalized spacial score (nSPS) is 11.4. The molecule has 0 spiro atoms. The summed E-state index contributed by atoms with van der Waals surface area (Å²) in [6, 6.07) is 4.08. The molecular weight excluding hydrogens is 261 g/mol. The lowest BCUT2D eigenvalue weighted by Crippen LogP contribution is -2.32. The van der Waals surface area contributed by atoms with E-state index in [-0.39, 0.29) is 18.3 Å². The van der Waals surface area contributed by atoms with Gasteiger partial charge in [-0.3, -0.25) is 4.79 Å². The zero-order chi connectivity index (χ0) is 15.0. The SMILES string of the molecule is CCOC(C)CNC(=O)c1ccc(C#CCO)cc1F. The van der Waals surface area contributed by atoms with Crippen molar-refractivity contribution in [2.24, 2.45) is 0 Å². The molecule has 108 valence electrons. The largest absolute Gasteiger partial charge is 0.384 e. The van der Waals surface area contributed by atoms with Gasteiger partial charge in [0, 0.05) is 18.7 Å². The maximum atomic E-state index is 13.8. The Bertz CT molecular complexity index is 520. The van der Waals surface area contributed by atoms with Crippen molar-refractivity contribution in [3.8, 4) is 11.8 Å². The van der Waals surface area contributed by atoms with E-state index in [4.69, 9.17) is 9.84 Å². The van der Waals surface area contributed by atoms with Gasteiger partial charge in [-0.15, -0.1) is 0 Å². The molecule has 2 N–H and O–H groups in total. The number of carbonyl (C=O) groups is 1. The third kappa shape index (κ3) is 5.00. The van der Waals surface area contributed by atoms with Gasteiger partial charge in [0.15, 0.2) is 0 Å². The molecule has 0 radical (unpaired) electrons. The number of ether oxygens (including phenoxy) is 1. The van der Waals surface area contributed by atoms with Gasteiger partial charge in [-0.2, -0.15) is 0 Å². The second-order valence-electron chi connectivity index (χ2n) is 4.13. The van der Waals surface area contributed by atoms with E-state index >= 15 is 0 Å². The highest BCUT2D eigenvalue weighted by Crippen LogP contribution is 2.10. The van der Waals surface area contributed by atoms with Crippen molar-refractivity contribution < 1.29 is 19.0 Å². The van der Waals surface area contributed by atoms with E-state index in [1.165, 1.54) is 18.2 Å². The molecule has 4 nitrogen and oxygen atoms in total. The van der Waals surface area contributed by atoms with Crippen LogP contribution in [0.3, 0.4) is 0 Å². The van der Waals surface area contributed by atoms with Crippen molar-refractivity contribution >= 4 is 5.91 Å². The van der Waals surface area contributed by atoms with Crippen LogP contribution in [0.5, 0.6) is 0 Å². The number of aliphatic hydroxyl groups is 1. The molecule has 1 aromatic rings. The fourth-order valence-corrected chi connectivity index (χ4v) is 1.59. The van der Waals surface area contributed by atoms with E-state index in [0.29, 0.717) is 18.7 Å². The monoisotopic (exact) mass is 279 g/mol. The molecule has 20 heavy (non-hydrogen) atoms. The minimum Gasteiger partial charge on any atom is -0.384 e. The van der Waals surface area contributed by atoms with Gasteiger partial charge in [-0.1, -0.05) is 11.8 Å². The average molecular weight is 279 g/mol. The number of rotatable bonds is 5. The smallest absolute Gasteiger partial charge is 0.254 e. The molecule has 0 fully saturated rings. The third-order valence-electron chi connectivity index (χ3n) is 2.53. The van der Waals surface area contributed by atoms with Gasteiger partial charge in [0.05, 0.1) is 11.7 Å². The predicted octanol–water partition coefficient (Wildman–Crippen LogP) is 1.32. The third-order valence-corrected chi connectivity index (χ3v) is 2.53. The Morgan fingerprint density at radius 2 is 2.30 bits per heavy atom. The topological polar surface area (TPSA) is 58.6 Å². The number of amides is 1. The number of hydrogen-bond acceptors (Lipinski definition) is 3. The summed E-state index contributed by atoms with van der Waals surface area (Å²) >= 11 is 0. The molecule has 0 bridgehead atoms. The van der Waals surface area contributed by atoms with E-state index in [9.17, 15) is 9.18 Å². The lowest BCUT2D eigenvalue weighted by molar-refractivity contribution is 0.0693. The summed E-state index contributed by atoms with van der Waals surface area (Å²) in [5.41, 5.74) is 0.374. The fourth-order valence-electron chi connectivity index (χ4n) is 1.59. The first-order valence-corrected chi connectivity index (χ1v) is 6.37. The highest BCUT2D eigenvalue weighted by atomic mass is 19.1. The molecule has 0 aliphatic rings. The van der Waals surface area contributed by atoms with Crippen LogP contribution >= 0.6 is 0 Å². The maximum absolute atomic E-state index is 13.8. The number of aliphatic hydroxyl groups excluding tert-OH is 1. The molecule has 1 unspecified atom stereocenters. The zero-order valence-corrected chi connectivity index (χ0v) is 11.6. The van der Waals surface area contributed by atoms with Crippen LogP contribution in [0.25, 0.3) is 0 Å². The molecule has 0 aliphatic heterocycles. The lowest BCUT2D eigenvalue weighted by Gasteiger charge is -2.12. The Morgan fingerprint density at radius 1 is 1.55 bits per heavy atom. The zero-order valence-electron chi connectivity index (χ0n) is 11.6. The lowest BCUT2D eigenvalue weighted by atomic mass is 10.1. The van der Waals surface area contributed by atoms with Crippen LogP contribution in [0.4, 0.5) is 4.39 Å². The van der Waals surface area contributed by atoms with E-state index in [1.54, 1.807) is 0 Å². The fraction of sp³-hybridized carbons (Fsp3) is 0.400. The molecule has 1 aromatic carbocycles. The van der Waals surface area contributed by atoms with Crippen LogP contribution in [0, 0.1) is 17.7 Å². The average Bonchev–Trinajstić information content (AvgIpc) is 2.43. The van der Waals surface area contributed by atoms with Crippen LogP contribution in [-0.4, -0.2) is 36.9 Å². The van der Waals surface area contributed by atoms with Gasteiger partial charge in [0.1, 0.15) is 12.4 Å². The van der Waals surface area contributed by atoms with Gasteiger partial charge < -0.3 is 15.2 Å². The van der Waals surface area contributed by atoms with Gasteiger partial charge in [-0.25, -0.2) is 4.39 Å². The number of carbonyl (C=O) groups excluding carboxylic acids is 1. The van der Waals surface area contributed by atoms with Crippen LogP contribution in [0.2, 0.25) is 0 Å². The number of nitrogens with one attached hydrogen (secondary N) is 1. The Hall–Kier alpha value is -1.90. The van der Waals surface area contributed by atoms with Crippen molar-refractivity contribution in [3.05, 3.63) is 35.1 Å². The summed E-state index contributed by atoms with van der Waals surface area (Å²) in [4.78, 5) is 11.8. The molecule has 0 saturated heterocycles. The Balaban J connectivity index is 2.69. The van der Waals surface area contributed by atoms with Crippen LogP contribution in [0.15, 0.2) is 18.2 Å². The quantitative estimate of drug-likeness (QED) is 0.799. The van der Waals surface area contributed by atoms with Gasteiger partial charge in [0.2, 0.25) is 0 Å². The summed E-state index contributed by atoms with van der Waals surface area (Å²) in [7, 11) is 0. The standard InChI is InChI=1S/C15H18FNO3/c1-3-20-11(2)10-17-15(19)13-7-6-12(5-4-8-18)9-14(13)16/h6-7,9,11,18H,3,8,10H2,1-2H3,(H,17,19). The Morgan fingerprint density at radius 3 is 2.90 bits per heavy atom. The molecule has 0 aliphatic carbocycles. The Labute approximate surface area is 117 Å². The van der Waals surface area contributed by atoms with E-state index in [0.717, 1.165) is 0 Å². The highest BCUT2D eigenvalue weighted by molar-refractivity contribution is 5.94. The molecule has 0 heterocycles. The molecule has 5 heteroatoms. The summed E-state index contributed by atoms with van der Waals surface area (Å²) in [5.74, 6) is 3.86. The number of halogens is 1. The first-order valence-electron chi connectivity index (χ1n) is 6.37. The van der Waals surface area contributed by atoms with Crippen LogP contribution in [0.1, 0.15) is 29.8 Å². The van der Waals surface area contributed by atoms with E-state index < -0.39 is 11.7 Å². The second kappa shape index (κ2) is 8.31. The molecular formula is C15H18FNO3. The number of benzene rings is 1. The summed E-state index contributed by atoms with van der Waals surface area (Å²) in [6.45, 7) is 4.28. The van der Waals surface area contributed by atoms with E-state index in [1.807, 2.05) is 13.8 Å². The minimum absolute atomic E-state index is 0.0387. The van der Waals surface area contributed by atoms with Crippen molar-refractivity contribution in [1.29, 1.82) is 0 Å². The second-order valence-corrected chi connectivity index (χ2v) is 4.13.